The Morgan fingerprint density at radius 1 is 1.10 bits per heavy atom. The summed E-state index contributed by atoms with van der Waals surface area (Å²) in [6.07, 6.45) is 1.75. The molecule has 1 aliphatic rings. The average molecular weight is 426 g/mol. The smallest absolute Gasteiger partial charge is 0.142 e. The third-order valence-corrected chi connectivity index (χ3v) is 5.60. The van der Waals surface area contributed by atoms with E-state index in [1.54, 1.807) is 30.5 Å². The van der Waals surface area contributed by atoms with Crippen LogP contribution in [-0.2, 0) is 4.74 Å². The number of benzene rings is 1. The molecule has 0 saturated carbocycles. The van der Waals surface area contributed by atoms with Crippen molar-refractivity contribution in [1.82, 2.24) is 9.97 Å². The number of nitrogen functional groups attached to an aromatic ring is 1. The molecule has 1 aliphatic heterocycles. The van der Waals surface area contributed by atoms with Crippen molar-refractivity contribution in [2.75, 3.05) is 36.9 Å². The van der Waals surface area contributed by atoms with Gasteiger partial charge in [-0.2, -0.15) is 5.26 Å². The molecule has 1 fully saturated rings. The molecule has 0 amide bonds. The van der Waals surface area contributed by atoms with Gasteiger partial charge in [-0.15, -0.1) is 0 Å². The first-order valence-corrected chi connectivity index (χ1v) is 9.78. The summed E-state index contributed by atoms with van der Waals surface area (Å²) in [5.74, 6) is 1.02. The third kappa shape index (κ3) is 3.85. The molecule has 0 radical (unpaired) electrons. The van der Waals surface area contributed by atoms with Crippen LogP contribution in [0.3, 0.4) is 0 Å². The Morgan fingerprint density at radius 2 is 1.90 bits per heavy atom. The number of aromatic nitrogens is 2. The highest BCUT2D eigenvalue weighted by molar-refractivity contribution is 6.43. The van der Waals surface area contributed by atoms with Gasteiger partial charge in [0.25, 0.3) is 0 Å². The molecule has 1 saturated heterocycles. The number of anilines is 2. The highest BCUT2D eigenvalue weighted by atomic mass is 35.5. The summed E-state index contributed by atoms with van der Waals surface area (Å²) in [6, 6.07) is 13.1. The van der Waals surface area contributed by atoms with E-state index in [0.717, 1.165) is 24.5 Å². The number of nitrogens with two attached hydrogens (primary N) is 1. The zero-order valence-electron chi connectivity index (χ0n) is 15.4. The molecule has 0 bridgehead atoms. The van der Waals surface area contributed by atoms with E-state index in [2.05, 4.69) is 20.9 Å². The van der Waals surface area contributed by atoms with Gasteiger partial charge in [0.1, 0.15) is 23.3 Å². The van der Waals surface area contributed by atoms with Crippen LogP contribution in [0.2, 0.25) is 10.0 Å². The largest absolute Gasteiger partial charge is 0.383 e. The number of rotatable bonds is 3. The summed E-state index contributed by atoms with van der Waals surface area (Å²) in [6.45, 7) is 3.01. The molecule has 6 nitrogen and oxygen atoms in total. The van der Waals surface area contributed by atoms with Crippen molar-refractivity contribution in [1.29, 1.82) is 5.26 Å². The van der Waals surface area contributed by atoms with Crippen LogP contribution < -0.4 is 10.6 Å². The third-order valence-electron chi connectivity index (χ3n) is 4.78. The summed E-state index contributed by atoms with van der Waals surface area (Å²) in [4.78, 5) is 11.1. The van der Waals surface area contributed by atoms with Crippen LogP contribution in [0, 0.1) is 11.3 Å². The van der Waals surface area contributed by atoms with E-state index in [4.69, 9.17) is 33.7 Å². The van der Waals surface area contributed by atoms with Gasteiger partial charge in [-0.25, -0.2) is 9.97 Å². The molecular weight excluding hydrogens is 409 g/mol. The first-order chi connectivity index (χ1) is 14.1. The van der Waals surface area contributed by atoms with Crippen molar-refractivity contribution in [3.8, 4) is 28.5 Å². The second kappa shape index (κ2) is 8.26. The van der Waals surface area contributed by atoms with Crippen molar-refractivity contribution in [2.45, 2.75) is 0 Å². The van der Waals surface area contributed by atoms with E-state index in [9.17, 15) is 5.26 Å². The summed E-state index contributed by atoms with van der Waals surface area (Å²) in [5, 5.41) is 10.4. The number of hydrogen-bond donors (Lipinski definition) is 1. The second-order valence-corrected chi connectivity index (χ2v) is 7.32. The lowest BCUT2D eigenvalue weighted by Gasteiger charge is -2.27. The Bertz CT molecular complexity index is 1090. The number of nitrogens with zero attached hydrogens (tertiary/aromatic N) is 4. The monoisotopic (exact) mass is 425 g/mol. The Balaban J connectivity index is 1.76. The van der Waals surface area contributed by atoms with Crippen LogP contribution in [-0.4, -0.2) is 36.3 Å². The molecule has 0 aliphatic carbocycles. The Kier molecular flexibility index (Phi) is 5.54. The van der Waals surface area contributed by atoms with Gasteiger partial charge in [0.2, 0.25) is 0 Å². The van der Waals surface area contributed by atoms with Gasteiger partial charge in [0.15, 0.2) is 0 Å². The Morgan fingerprint density at radius 3 is 2.59 bits per heavy atom. The lowest BCUT2D eigenvalue weighted by atomic mass is 9.98. The van der Waals surface area contributed by atoms with E-state index < -0.39 is 0 Å². The molecule has 3 aromatic rings. The zero-order chi connectivity index (χ0) is 20.4. The fourth-order valence-electron chi connectivity index (χ4n) is 3.27. The van der Waals surface area contributed by atoms with Gasteiger partial charge < -0.3 is 15.4 Å². The van der Waals surface area contributed by atoms with Crippen molar-refractivity contribution in [2.24, 2.45) is 0 Å². The minimum Gasteiger partial charge on any atom is -0.383 e. The topological polar surface area (TPSA) is 88.1 Å². The molecule has 1 aromatic carbocycles. The highest BCUT2D eigenvalue weighted by Crippen LogP contribution is 2.38. The minimum atomic E-state index is 0.133. The first-order valence-electron chi connectivity index (χ1n) is 9.02. The van der Waals surface area contributed by atoms with E-state index in [-0.39, 0.29) is 11.4 Å². The van der Waals surface area contributed by atoms with Gasteiger partial charge in [-0.3, -0.25) is 0 Å². The van der Waals surface area contributed by atoms with Crippen molar-refractivity contribution in [3.05, 3.63) is 58.2 Å². The maximum Gasteiger partial charge on any atom is 0.142 e. The first kappa shape index (κ1) is 19.5. The number of halogens is 2. The molecule has 0 unspecified atom stereocenters. The van der Waals surface area contributed by atoms with Crippen molar-refractivity contribution in [3.63, 3.8) is 0 Å². The number of ether oxygens (including phenoxy) is 1. The second-order valence-electron chi connectivity index (χ2n) is 6.53. The van der Waals surface area contributed by atoms with Gasteiger partial charge in [-0.05, 0) is 24.3 Å². The summed E-state index contributed by atoms with van der Waals surface area (Å²) < 4.78 is 5.38. The normalized spacial score (nSPS) is 13.9. The Labute approximate surface area is 178 Å². The maximum absolute atomic E-state index is 9.59. The summed E-state index contributed by atoms with van der Waals surface area (Å²) in [7, 11) is 0. The fraction of sp³-hybridized carbons (Fsp3) is 0.190. The van der Waals surface area contributed by atoms with E-state index >= 15 is 0 Å². The van der Waals surface area contributed by atoms with Crippen LogP contribution in [0.15, 0.2) is 42.6 Å². The molecule has 2 N–H and O–H groups in total. The average Bonchev–Trinajstić information content (AvgIpc) is 2.76. The predicted molar refractivity (Wildman–Crippen MR) is 115 cm³/mol. The van der Waals surface area contributed by atoms with Crippen molar-refractivity contribution < 1.29 is 4.74 Å². The molecule has 29 heavy (non-hydrogen) atoms. The van der Waals surface area contributed by atoms with Gasteiger partial charge >= 0.3 is 0 Å². The van der Waals surface area contributed by atoms with Crippen LogP contribution in [0.4, 0.5) is 11.6 Å². The van der Waals surface area contributed by atoms with Gasteiger partial charge in [-0.1, -0.05) is 35.3 Å². The molecular formula is C21H17Cl2N5O. The molecule has 3 heterocycles. The number of hydrogen-bond acceptors (Lipinski definition) is 6. The van der Waals surface area contributed by atoms with E-state index in [0.29, 0.717) is 40.1 Å². The number of nitriles is 1. The van der Waals surface area contributed by atoms with Crippen LogP contribution in [0.5, 0.6) is 0 Å². The molecule has 2 aromatic heterocycles. The fourth-order valence-corrected chi connectivity index (χ4v) is 3.67. The minimum absolute atomic E-state index is 0.133. The SMILES string of the molecule is N#Cc1c(-c2cccc(Cl)c2Cl)cc(-c2ccc(N3CCOCC3)nc2)nc1N. The lowest BCUT2D eigenvalue weighted by Crippen LogP contribution is -2.36. The van der Waals surface area contributed by atoms with E-state index in [1.165, 1.54) is 0 Å². The summed E-state index contributed by atoms with van der Waals surface area (Å²) >= 11 is 12.5. The standard InChI is InChI=1S/C21H17Cl2N5O/c22-17-3-1-2-14(20(17)23)15-10-18(27-21(25)16(15)11-24)13-4-5-19(26-12-13)28-6-8-29-9-7-28/h1-5,10,12H,6-9H2,(H2,25,27). The van der Waals surface area contributed by atoms with E-state index in [1.807, 2.05) is 12.1 Å². The van der Waals surface area contributed by atoms with Crippen molar-refractivity contribution >= 4 is 34.8 Å². The molecule has 0 atom stereocenters. The van der Waals surface area contributed by atoms with Gasteiger partial charge in [0.05, 0.1) is 29.0 Å². The molecule has 4 rings (SSSR count). The van der Waals surface area contributed by atoms with Crippen LogP contribution >= 0.6 is 23.2 Å². The molecule has 0 spiro atoms. The molecule has 8 heteroatoms. The maximum atomic E-state index is 9.59. The Hall–Kier alpha value is -2.85. The van der Waals surface area contributed by atoms with Gasteiger partial charge in [0, 0.05) is 36.0 Å². The highest BCUT2D eigenvalue weighted by Gasteiger charge is 2.17. The number of morpholine rings is 1. The summed E-state index contributed by atoms with van der Waals surface area (Å²) in [5.41, 5.74) is 8.96. The quantitative estimate of drug-likeness (QED) is 0.668. The predicted octanol–water partition coefficient (Wildman–Crippen LogP) is 4.41. The molecule has 146 valence electrons. The lowest BCUT2D eigenvalue weighted by molar-refractivity contribution is 0.122. The zero-order valence-corrected chi connectivity index (χ0v) is 16.9. The van der Waals surface area contributed by atoms with Crippen LogP contribution in [0.25, 0.3) is 22.4 Å². The number of pyridine rings is 2. The van der Waals surface area contributed by atoms with Crippen LogP contribution in [0.1, 0.15) is 5.56 Å².